The van der Waals surface area contributed by atoms with E-state index in [9.17, 15) is 9.59 Å². The summed E-state index contributed by atoms with van der Waals surface area (Å²) in [7, 11) is 0. The van der Waals surface area contributed by atoms with Crippen molar-refractivity contribution >= 4 is 34.1 Å². The summed E-state index contributed by atoms with van der Waals surface area (Å²) in [6, 6.07) is 15.5. The molecule has 6 nitrogen and oxygen atoms in total. The molecule has 1 unspecified atom stereocenters. The van der Waals surface area contributed by atoms with Gasteiger partial charge in [0.2, 0.25) is 5.91 Å². The summed E-state index contributed by atoms with van der Waals surface area (Å²) in [4.78, 5) is 28.7. The minimum Gasteiger partial charge on any atom is -0.459 e. The SMILES string of the molecule is O=C(CCNC(=O)c1ccco1)NCC(c1cccs1)c1c[nH]c2ccccc12. The van der Waals surface area contributed by atoms with Crippen molar-refractivity contribution in [2.75, 3.05) is 13.1 Å². The summed E-state index contributed by atoms with van der Waals surface area (Å²) in [6.45, 7) is 0.745. The van der Waals surface area contributed by atoms with E-state index in [0.717, 1.165) is 16.5 Å². The lowest BCUT2D eigenvalue weighted by Crippen LogP contribution is -2.32. The highest BCUT2D eigenvalue weighted by Crippen LogP contribution is 2.32. The Bertz CT molecular complexity index is 1080. The van der Waals surface area contributed by atoms with Crippen molar-refractivity contribution in [1.29, 1.82) is 0 Å². The molecule has 29 heavy (non-hydrogen) atoms. The number of carbonyl (C=O) groups is 2. The van der Waals surface area contributed by atoms with Crippen molar-refractivity contribution < 1.29 is 14.0 Å². The quantitative estimate of drug-likeness (QED) is 0.414. The Kier molecular flexibility index (Phi) is 5.76. The predicted molar refractivity (Wildman–Crippen MR) is 113 cm³/mol. The molecular formula is C22H21N3O3S. The Morgan fingerprint density at radius 3 is 2.76 bits per heavy atom. The number of amides is 2. The fraction of sp³-hybridized carbons (Fsp3) is 0.182. The minimum absolute atomic E-state index is 0.0628. The number of nitrogens with one attached hydrogen (secondary N) is 3. The lowest BCUT2D eigenvalue weighted by molar-refractivity contribution is -0.120. The Morgan fingerprint density at radius 1 is 1.07 bits per heavy atom. The average molecular weight is 407 g/mol. The number of carbonyl (C=O) groups excluding carboxylic acids is 2. The van der Waals surface area contributed by atoms with Gasteiger partial charge in [-0.2, -0.15) is 0 Å². The van der Waals surface area contributed by atoms with Gasteiger partial charge in [0.15, 0.2) is 5.76 Å². The van der Waals surface area contributed by atoms with Crippen molar-refractivity contribution in [3.63, 3.8) is 0 Å². The molecule has 0 fully saturated rings. The number of benzene rings is 1. The normalized spacial score (nSPS) is 12.0. The lowest BCUT2D eigenvalue weighted by atomic mass is 9.96. The van der Waals surface area contributed by atoms with E-state index in [-0.39, 0.29) is 36.5 Å². The van der Waals surface area contributed by atoms with Gasteiger partial charge in [-0.15, -0.1) is 11.3 Å². The molecular weight excluding hydrogens is 386 g/mol. The van der Waals surface area contributed by atoms with E-state index in [2.05, 4.69) is 27.8 Å². The van der Waals surface area contributed by atoms with E-state index in [1.807, 2.05) is 35.8 Å². The second kappa shape index (κ2) is 8.79. The van der Waals surface area contributed by atoms with Crippen LogP contribution in [0.4, 0.5) is 0 Å². The largest absolute Gasteiger partial charge is 0.459 e. The molecule has 3 N–H and O–H groups in total. The highest BCUT2D eigenvalue weighted by molar-refractivity contribution is 7.10. The zero-order valence-electron chi connectivity index (χ0n) is 15.7. The molecule has 0 aliphatic carbocycles. The first-order valence-corrected chi connectivity index (χ1v) is 10.3. The first kappa shape index (κ1) is 19.0. The summed E-state index contributed by atoms with van der Waals surface area (Å²) in [5, 5.41) is 8.90. The zero-order valence-corrected chi connectivity index (χ0v) is 16.5. The van der Waals surface area contributed by atoms with E-state index in [1.54, 1.807) is 23.5 Å². The number of aromatic nitrogens is 1. The van der Waals surface area contributed by atoms with Gasteiger partial charge in [-0.05, 0) is 35.2 Å². The average Bonchev–Trinajstić information content (AvgIpc) is 3.50. The van der Waals surface area contributed by atoms with Crippen LogP contribution < -0.4 is 10.6 Å². The Morgan fingerprint density at radius 2 is 1.97 bits per heavy atom. The number of rotatable bonds is 8. The van der Waals surface area contributed by atoms with E-state index in [1.165, 1.54) is 11.1 Å². The van der Waals surface area contributed by atoms with Crippen LogP contribution >= 0.6 is 11.3 Å². The van der Waals surface area contributed by atoms with Gasteiger partial charge < -0.3 is 20.0 Å². The first-order chi connectivity index (χ1) is 14.2. The van der Waals surface area contributed by atoms with E-state index < -0.39 is 0 Å². The second-order valence-corrected chi connectivity index (χ2v) is 7.62. The molecule has 0 saturated carbocycles. The van der Waals surface area contributed by atoms with Crippen molar-refractivity contribution in [2.45, 2.75) is 12.3 Å². The highest BCUT2D eigenvalue weighted by atomic mass is 32.1. The topological polar surface area (TPSA) is 87.1 Å². The molecule has 1 atom stereocenters. The molecule has 0 aliphatic rings. The number of hydrogen-bond acceptors (Lipinski definition) is 4. The third-order valence-corrected chi connectivity index (χ3v) is 5.76. The fourth-order valence-corrected chi connectivity index (χ4v) is 4.17. The van der Waals surface area contributed by atoms with Crippen LogP contribution in [0.2, 0.25) is 0 Å². The summed E-state index contributed by atoms with van der Waals surface area (Å²) in [5.74, 6) is -0.125. The van der Waals surface area contributed by atoms with Gasteiger partial charge in [0.1, 0.15) is 0 Å². The first-order valence-electron chi connectivity index (χ1n) is 9.40. The van der Waals surface area contributed by atoms with E-state index in [4.69, 9.17) is 4.42 Å². The molecule has 4 aromatic rings. The molecule has 7 heteroatoms. The third-order valence-electron chi connectivity index (χ3n) is 4.77. The van der Waals surface area contributed by atoms with Crippen LogP contribution in [0.5, 0.6) is 0 Å². The number of hydrogen-bond donors (Lipinski definition) is 3. The van der Waals surface area contributed by atoms with Crippen LogP contribution in [0, 0.1) is 0 Å². The van der Waals surface area contributed by atoms with Crippen LogP contribution in [0.1, 0.15) is 33.3 Å². The fourth-order valence-electron chi connectivity index (χ4n) is 3.32. The number of fused-ring (bicyclic) bond motifs is 1. The van der Waals surface area contributed by atoms with Crippen molar-refractivity contribution in [2.24, 2.45) is 0 Å². The van der Waals surface area contributed by atoms with Gasteiger partial charge in [0.05, 0.1) is 6.26 Å². The van der Waals surface area contributed by atoms with Crippen LogP contribution in [-0.2, 0) is 4.79 Å². The Labute approximate surface area is 171 Å². The van der Waals surface area contributed by atoms with Crippen molar-refractivity contribution in [3.05, 3.63) is 82.6 Å². The summed E-state index contributed by atoms with van der Waals surface area (Å²) < 4.78 is 5.04. The molecule has 3 heterocycles. The maximum atomic E-state index is 12.3. The van der Waals surface area contributed by atoms with E-state index in [0.29, 0.717) is 6.54 Å². The Hall–Kier alpha value is -3.32. The number of para-hydroxylation sites is 1. The molecule has 0 radical (unpaired) electrons. The van der Waals surface area contributed by atoms with Crippen LogP contribution in [0.15, 0.2) is 70.8 Å². The van der Waals surface area contributed by atoms with Crippen LogP contribution in [0.25, 0.3) is 10.9 Å². The second-order valence-electron chi connectivity index (χ2n) is 6.64. The number of thiophene rings is 1. The zero-order chi connectivity index (χ0) is 20.1. The van der Waals surface area contributed by atoms with Crippen LogP contribution in [-0.4, -0.2) is 29.9 Å². The number of H-pyrrole nitrogens is 1. The minimum atomic E-state index is -0.321. The Balaban J connectivity index is 1.37. The van der Waals surface area contributed by atoms with Crippen molar-refractivity contribution in [1.82, 2.24) is 15.6 Å². The van der Waals surface area contributed by atoms with Gasteiger partial charge in [-0.1, -0.05) is 24.3 Å². The summed E-state index contributed by atoms with van der Waals surface area (Å²) in [6.07, 6.45) is 3.67. The third kappa shape index (κ3) is 4.41. The van der Waals surface area contributed by atoms with E-state index >= 15 is 0 Å². The van der Waals surface area contributed by atoms with Gasteiger partial charge in [0.25, 0.3) is 5.91 Å². The molecule has 0 saturated heterocycles. The lowest BCUT2D eigenvalue weighted by Gasteiger charge is -2.16. The smallest absolute Gasteiger partial charge is 0.286 e. The highest BCUT2D eigenvalue weighted by Gasteiger charge is 2.20. The van der Waals surface area contributed by atoms with Gasteiger partial charge in [-0.3, -0.25) is 9.59 Å². The van der Waals surface area contributed by atoms with Crippen molar-refractivity contribution in [3.8, 4) is 0 Å². The molecule has 1 aromatic carbocycles. The molecule has 2 amide bonds. The van der Waals surface area contributed by atoms with Gasteiger partial charge in [-0.25, -0.2) is 0 Å². The molecule has 0 bridgehead atoms. The maximum Gasteiger partial charge on any atom is 0.286 e. The van der Waals surface area contributed by atoms with Gasteiger partial charge in [0, 0.05) is 47.4 Å². The molecule has 3 aromatic heterocycles. The monoisotopic (exact) mass is 407 g/mol. The number of furan rings is 1. The number of aromatic amines is 1. The standard InChI is InChI=1S/C22H21N3O3S/c26-21(9-10-23-22(27)19-7-3-11-28-19)25-14-17(20-8-4-12-29-20)16-13-24-18-6-2-1-5-15(16)18/h1-8,11-13,17,24H,9-10,14H2,(H,23,27)(H,25,26). The molecule has 148 valence electrons. The van der Waals surface area contributed by atoms with Gasteiger partial charge >= 0.3 is 0 Å². The summed E-state index contributed by atoms with van der Waals surface area (Å²) in [5.41, 5.74) is 2.24. The van der Waals surface area contributed by atoms with Crippen LogP contribution in [0.3, 0.4) is 0 Å². The molecule has 0 spiro atoms. The molecule has 4 rings (SSSR count). The molecule has 0 aliphatic heterocycles. The predicted octanol–water partition coefficient (Wildman–Crippen LogP) is 3.89. The summed E-state index contributed by atoms with van der Waals surface area (Å²) >= 11 is 1.68. The maximum absolute atomic E-state index is 12.3.